The van der Waals surface area contributed by atoms with E-state index in [2.05, 4.69) is 17.2 Å². The number of aromatic nitrogens is 2. The molecule has 0 saturated heterocycles. The van der Waals surface area contributed by atoms with Crippen LogP contribution < -0.4 is 0 Å². The van der Waals surface area contributed by atoms with E-state index < -0.39 is 0 Å². The highest BCUT2D eigenvalue weighted by atomic mass is 35.5. The molecule has 0 radical (unpaired) electrons. The minimum Gasteiger partial charge on any atom is -0.264 e. The van der Waals surface area contributed by atoms with Crippen LogP contribution in [0.5, 0.6) is 0 Å². The van der Waals surface area contributed by atoms with Crippen molar-refractivity contribution in [1.29, 1.82) is 0 Å². The normalized spacial score (nSPS) is 10.4. The van der Waals surface area contributed by atoms with E-state index in [4.69, 9.17) is 11.6 Å². The van der Waals surface area contributed by atoms with Crippen LogP contribution in [-0.2, 0) is 6.54 Å². The molecule has 1 aromatic carbocycles. The maximum atomic E-state index is 5.69. The van der Waals surface area contributed by atoms with Gasteiger partial charge in [-0.25, -0.2) is 0 Å². The molecular weight excluding hydrogens is 196 g/mol. The standard InChI is InChI=1S/C11H11ClN2/c12-7-9-14-11(6-8-13-14)10-4-2-1-3-5-10/h1-6,8H,7,9H2. The summed E-state index contributed by atoms with van der Waals surface area (Å²) in [6.07, 6.45) is 1.80. The third-order valence-electron chi connectivity index (χ3n) is 2.08. The molecule has 0 aliphatic carbocycles. The highest BCUT2D eigenvalue weighted by Gasteiger charge is 2.02. The monoisotopic (exact) mass is 206 g/mol. The number of rotatable bonds is 3. The van der Waals surface area contributed by atoms with Gasteiger partial charge in [0.25, 0.3) is 0 Å². The highest BCUT2D eigenvalue weighted by molar-refractivity contribution is 6.17. The van der Waals surface area contributed by atoms with E-state index >= 15 is 0 Å². The van der Waals surface area contributed by atoms with Crippen molar-refractivity contribution in [3.63, 3.8) is 0 Å². The van der Waals surface area contributed by atoms with Gasteiger partial charge in [0.1, 0.15) is 0 Å². The van der Waals surface area contributed by atoms with Gasteiger partial charge >= 0.3 is 0 Å². The Kier molecular flexibility index (Phi) is 2.84. The number of aryl methyl sites for hydroxylation is 1. The lowest BCUT2D eigenvalue weighted by atomic mass is 10.1. The average Bonchev–Trinajstić information content (AvgIpc) is 2.68. The third-order valence-corrected chi connectivity index (χ3v) is 2.25. The minimum atomic E-state index is 0.585. The molecule has 0 saturated carbocycles. The van der Waals surface area contributed by atoms with Gasteiger partial charge in [0.15, 0.2) is 0 Å². The van der Waals surface area contributed by atoms with Crippen molar-refractivity contribution >= 4 is 11.6 Å². The Hall–Kier alpha value is -1.28. The van der Waals surface area contributed by atoms with Crippen molar-refractivity contribution in [2.45, 2.75) is 6.54 Å². The second-order valence-corrected chi connectivity index (χ2v) is 3.37. The Bertz CT molecular complexity index is 395. The Morgan fingerprint density at radius 1 is 1.14 bits per heavy atom. The van der Waals surface area contributed by atoms with E-state index in [9.17, 15) is 0 Å². The smallest absolute Gasteiger partial charge is 0.0682 e. The third kappa shape index (κ3) is 1.80. The van der Waals surface area contributed by atoms with Gasteiger partial charge < -0.3 is 0 Å². The van der Waals surface area contributed by atoms with Gasteiger partial charge in [-0.1, -0.05) is 30.3 Å². The molecule has 72 valence electrons. The van der Waals surface area contributed by atoms with E-state index in [1.165, 1.54) is 5.56 Å². The molecule has 1 heterocycles. The first-order chi connectivity index (χ1) is 6.92. The summed E-state index contributed by atoms with van der Waals surface area (Å²) >= 11 is 5.69. The molecule has 3 heteroatoms. The average molecular weight is 207 g/mol. The second kappa shape index (κ2) is 4.29. The number of hydrogen-bond acceptors (Lipinski definition) is 1. The highest BCUT2D eigenvalue weighted by Crippen LogP contribution is 2.17. The van der Waals surface area contributed by atoms with Crippen molar-refractivity contribution in [2.24, 2.45) is 0 Å². The summed E-state index contributed by atoms with van der Waals surface area (Å²) in [5, 5.41) is 4.21. The van der Waals surface area contributed by atoms with Gasteiger partial charge in [-0.2, -0.15) is 5.10 Å². The number of alkyl halides is 1. The molecule has 0 aliphatic rings. The van der Waals surface area contributed by atoms with Crippen LogP contribution in [0.15, 0.2) is 42.6 Å². The molecule has 0 unspecified atom stereocenters. The van der Waals surface area contributed by atoms with Crippen LogP contribution in [0.3, 0.4) is 0 Å². The lowest BCUT2D eigenvalue weighted by molar-refractivity contribution is 0.671. The Morgan fingerprint density at radius 2 is 1.93 bits per heavy atom. The fourth-order valence-corrected chi connectivity index (χ4v) is 1.61. The topological polar surface area (TPSA) is 17.8 Å². The van der Waals surface area contributed by atoms with E-state index in [0.29, 0.717) is 5.88 Å². The molecule has 0 amide bonds. The number of hydrogen-bond donors (Lipinski definition) is 0. The lowest BCUT2D eigenvalue weighted by Crippen LogP contribution is -2.02. The zero-order valence-electron chi connectivity index (χ0n) is 7.73. The maximum Gasteiger partial charge on any atom is 0.0682 e. The van der Waals surface area contributed by atoms with E-state index in [0.717, 1.165) is 12.2 Å². The predicted octanol–water partition coefficient (Wildman–Crippen LogP) is 2.79. The van der Waals surface area contributed by atoms with Gasteiger partial charge in [0, 0.05) is 12.1 Å². The molecule has 14 heavy (non-hydrogen) atoms. The summed E-state index contributed by atoms with van der Waals surface area (Å²) < 4.78 is 1.92. The van der Waals surface area contributed by atoms with E-state index in [1.807, 2.05) is 28.9 Å². The van der Waals surface area contributed by atoms with Crippen LogP contribution in [0.1, 0.15) is 0 Å². The zero-order valence-corrected chi connectivity index (χ0v) is 8.48. The van der Waals surface area contributed by atoms with Crippen LogP contribution in [0.2, 0.25) is 0 Å². The van der Waals surface area contributed by atoms with Crippen molar-refractivity contribution in [2.75, 3.05) is 5.88 Å². The molecule has 2 nitrogen and oxygen atoms in total. The molecule has 0 fully saturated rings. The Labute approximate surface area is 88.1 Å². The second-order valence-electron chi connectivity index (χ2n) is 2.99. The number of halogens is 1. The molecule has 0 aliphatic heterocycles. The van der Waals surface area contributed by atoms with Crippen molar-refractivity contribution in [3.05, 3.63) is 42.6 Å². The van der Waals surface area contributed by atoms with E-state index in [-0.39, 0.29) is 0 Å². The van der Waals surface area contributed by atoms with Gasteiger partial charge in [-0.15, -0.1) is 11.6 Å². The minimum absolute atomic E-state index is 0.585. The molecule has 0 N–H and O–H groups in total. The van der Waals surface area contributed by atoms with Gasteiger partial charge in [-0.05, 0) is 11.6 Å². The van der Waals surface area contributed by atoms with Crippen LogP contribution in [0.4, 0.5) is 0 Å². The predicted molar refractivity (Wildman–Crippen MR) is 58.4 cm³/mol. The largest absolute Gasteiger partial charge is 0.264 e. The zero-order chi connectivity index (χ0) is 9.80. The fourth-order valence-electron chi connectivity index (χ4n) is 1.45. The van der Waals surface area contributed by atoms with Crippen LogP contribution in [0.25, 0.3) is 11.3 Å². The summed E-state index contributed by atoms with van der Waals surface area (Å²) in [6, 6.07) is 12.2. The SMILES string of the molecule is ClCCn1nccc1-c1ccccc1. The van der Waals surface area contributed by atoms with Gasteiger partial charge in [0.2, 0.25) is 0 Å². The first kappa shape index (κ1) is 9.28. The first-order valence-electron chi connectivity index (χ1n) is 4.55. The summed E-state index contributed by atoms with van der Waals surface area (Å²) in [7, 11) is 0. The molecule has 1 aromatic heterocycles. The maximum absolute atomic E-state index is 5.69. The summed E-state index contributed by atoms with van der Waals surface area (Å²) in [4.78, 5) is 0. The molecule has 0 bridgehead atoms. The van der Waals surface area contributed by atoms with Crippen molar-refractivity contribution in [1.82, 2.24) is 9.78 Å². The molecule has 2 aromatic rings. The van der Waals surface area contributed by atoms with Crippen LogP contribution in [0, 0.1) is 0 Å². The van der Waals surface area contributed by atoms with Crippen LogP contribution >= 0.6 is 11.6 Å². The van der Waals surface area contributed by atoms with Gasteiger partial charge in [-0.3, -0.25) is 4.68 Å². The molecule has 0 spiro atoms. The summed E-state index contributed by atoms with van der Waals surface area (Å²) in [6.45, 7) is 0.749. The van der Waals surface area contributed by atoms with Crippen LogP contribution in [-0.4, -0.2) is 15.7 Å². The number of nitrogens with zero attached hydrogens (tertiary/aromatic N) is 2. The number of benzene rings is 1. The van der Waals surface area contributed by atoms with Gasteiger partial charge in [0.05, 0.1) is 12.2 Å². The lowest BCUT2D eigenvalue weighted by Gasteiger charge is -2.04. The fraction of sp³-hybridized carbons (Fsp3) is 0.182. The molecular formula is C11H11ClN2. The Balaban J connectivity index is 2.37. The van der Waals surface area contributed by atoms with Crippen molar-refractivity contribution in [3.8, 4) is 11.3 Å². The first-order valence-corrected chi connectivity index (χ1v) is 5.08. The Morgan fingerprint density at radius 3 is 2.64 bits per heavy atom. The summed E-state index contributed by atoms with van der Waals surface area (Å²) in [5.41, 5.74) is 2.29. The van der Waals surface area contributed by atoms with E-state index in [1.54, 1.807) is 6.20 Å². The quantitative estimate of drug-likeness (QED) is 0.707. The van der Waals surface area contributed by atoms with Crippen molar-refractivity contribution < 1.29 is 0 Å². The summed E-state index contributed by atoms with van der Waals surface area (Å²) in [5.74, 6) is 0.585. The molecule has 2 rings (SSSR count). The molecule has 0 atom stereocenters.